The molecule has 126 valence electrons. The zero-order valence-electron chi connectivity index (χ0n) is 13.0. The van der Waals surface area contributed by atoms with Gasteiger partial charge < -0.3 is 20.6 Å². The second kappa shape index (κ2) is 6.71. The Morgan fingerprint density at radius 3 is 2.75 bits per heavy atom. The van der Waals surface area contributed by atoms with Gasteiger partial charge in [0.05, 0.1) is 31.1 Å². The van der Waals surface area contributed by atoms with Gasteiger partial charge in [-0.05, 0) is 12.1 Å². The van der Waals surface area contributed by atoms with Crippen molar-refractivity contribution in [2.24, 2.45) is 0 Å². The van der Waals surface area contributed by atoms with Crippen molar-refractivity contribution < 1.29 is 19.5 Å². The molecule has 2 aliphatic rings. The van der Waals surface area contributed by atoms with Gasteiger partial charge in [-0.15, -0.1) is 0 Å². The number of piperazine rings is 1. The van der Waals surface area contributed by atoms with Crippen LogP contribution in [-0.4, -0.2) is 60.5 Å². The minimum atomic E-state index is -0.472. The van der Waals surface area contributed by atoms with Crippen LogP contribution in [0.2, 0.25) is 0 Å². The quantitative estimate of drug-likeness (QED) is 0.616. The number of amides is 3. The van der Waals surface area contributed by atoms with Gasteiger partial charge in [0, 0.05) is 19.2 Å². The lowest BCUT2D eigenvalue weighted by atomic mass is 10.2. The molecule has 0 atom stereocenters. The van der Waals surface area contributed by atoms with Gasteiger partial charge in [0.15, 0.2) is 0 Å². The van der Waals surface area contributed by atoms with Gasteiger partial charge in [-0.3, -0.25) is 19.3 Å². The molecule has 0 aliphatic carbocycles. The maximum Gasteiger partial charge on any atom is 0.277 e. The van der Waals surface area contributed by atoms with Crippen molar-refractivity contribution in [3.8, 4) is 0 Å². The number of aliphatic hydroxyl groups is 1. The van der Waals surface area contributed by atoms with Crippen LogP contribution in [0.15, 0.2) is 36.0 Å². The van der Waals surface area contributed by atoms with E-state index in [9.17, 15) is 14.4 Å². The Morgan fingerprint density at radius 2 is 2.00 bits per heavy atom. The number of hydrogen-bond acceptors (Lipinski definition) is 6. The SMILES string of the molecule is O=C1CN(c2ccccc2NC2=CC(=O)N(CCO)C2=O)CCN1. The molecule has 3 N–H and O–H groups in total. The lowest BCUT2D eigenvalue weighted by Gasteiger charge is -2.30. The van der Waals surface area contributed by atoms with E-state index < -0.39 is 11.8 Å². The Balaban J connectivity index is 1.81. The van der Waals surface area contributed by atoms with E-state index in [4.69, 9.17) is 5.11 Å². The first kappa shape index (κ1) is 16.0. The van der Waals surface area contributed by atoms with Gasteiger partial charge in [0.2, 0.25) is 5.91 Å². The van der Waals surface area contributed by atoms with Crippen molar-refractivity contribution in [1.29, 1.82) is 0 Å². The fourth-order valence-corrected chi connectivity index (χ4v) is 2.75. The number of rotatable bonds is 5. The molecule has 0 radical (unpaired) electrons. The third-order valence-corrected chi connectivity index (χ3v) is 3.89. The van der Waals surface area contributed by atoms with E-state index in [0.29, 0.717) is 18.8 Å². The summed E-state index contributed by atoms with van der Waals surface area (Å²) >= 11 is 0. The van der Waals surface area contributed by atoms with Crippen LogP contribution in [-0.2, 0) is 14.4 Å². The summed E-state index contributed by atoms with van der Waals surface area (Å²) in [5.41, 5.74) is 1.59. The average Bonchev–Trinajstić information content (AvgIpc) is 2.83. The maximum absolute atomic E-state index is 12.2. The van der Waals surface area contributed by atoms with Crippen LogP contribution in [0.5, 0.6) is 0 Å². The molecule has 3 amide bonds. The summed E-state index contributed by atoms with van der Waals surface area (Å²) in [6.45, 7) is 1.14. The third-order valence-electron chi connectivity index (χ3n) is 3.89. The summed E-state index contributed by atoms with van der Waals surface area (Å²) in [5.74, 6) is -0.983. The molecule has 3 rings (SSSR count). The minimum Gasteiger partial charge on any atom is -0.395 e. The van der Waals surface area contributed by atoms with E-state index >= 15 is 0 Å². The molecule has 1 aromatic carbocycles. The Kier molecular flexibility index (Phi) is 4.48. The zero-order valence-corrected chi connectivity index (χ0v) is 13.0. The zero-order chi connectivity index (χ0) is 17.1. The molecule has 2 heterocycles. The molecule has 2 aliphatic heterocycles. The first-order chi connectivity index (χ1) is 11.6. The van der Waals surface area contributed by atoms with Crippen LogP contribution in [0.25, 0.3) is 0 Å². The van der Waals surface area contributed by atoms with Crippen LogP contribution in [0.1, 0.15) is 0 Å². The third kappa shape index (κ3) is 3.09. The van der Waals surface area contributed by atoms with Crippen molar-refractivity contribution in [3.63, 3.8) is 0 Å². The predicted octanol–water partition coefficient (Wildman–Crippen LogP) is -0.720. The number of β-amino-alcohol motifs (C(OH)–C–C–N with tert-alkyl or cyclic N) is 1. The molecule has 0 saturated carbocycles. The number of nitrogens with zero attached hydrogens (tertiary/aromatic N) is 2. The number of benzene rings is 1. The first-order valence-corrected chi connectivity index (χ1v) is 7.66. The van der Waals surface area contributed by atoms with Crippen LogP contribution in [0.4, 0.5) is 11.4 Å². The highest BCUT2D eigenvalue weighted by atomic mass is 16.3. The number of carbonyl (C=O) groups excluding carboxylic acids is 3. The highest BCUT2D eigenvalue weighted by Crippen LogP contribution is 2.28. The maximum atomic E-state index is 12.2. The smallest absolute Gasteiger partial charge is 0.277 e. The molecular formula is C16H18N4O4. The molecule has 24 heavy (non-hydrogen) atoms. The van der Waals surface area contributed by atoms with Crippen molar-refractivity contribution in [2.45, 2.75) is 0 Å². The second-order valence-corrected chi connectivity index (χ2v) is 5.49. The second-order valence-electron chi connectivity index (χ2n) is 5.49. The summed E-state index contributed by atoms with van der Waals surface area (Å²) in [4.78, 5) is 38.5. The van der Waals surface area contributed by atoms with Crippen LogP contribution in [0.3, 0.4) is 0 Å². The van der Waals surface area contributed by atoms with E-state index in [-0.39, 0.29) is 31.3 Å². The summed E-state index contributed by atoms with van der Waals surface area (Å²) in [5, 5.41) is 14.7. The van der Waals surface area contributed by atoms with Gasteiger partial charge in [-0.25, -0.2) is 0 Å². The van der Waals surface area contributed by atoms with Crippen LogP contribution < -0.4 is 15.5 Å². The summed E-state index contributed by atoms with van der Waals surface area (Å²) in [7, 11) is 0. The molecule has 8 heteroatoms. The summed E-state index contributed by atoms with van der Waals surface area (Å²) in [6, 6.07) is 7.30. The molecule has 0 unspecified atom stereocenters. The molecule has 0 bridgehead atoms. The van der Waals surface area contributed by atoms with Crippen LogP contribution in [0, 0.1) is 0 Å². The largest absolute Gasteiger partial charge is 0.395 e. The Bertz CT molecular complexity index is 716. The molecule has 1 saturated heterocycles. The number of hydrogen-bond donors (Lipinski definition) is 3. The Morgan fingerprint density at radius 1 is 1.21 bits per heavy atom. The Hall–Kier alpha value is -2.87. The lowest BCUT2D eigenvalue weighted by Crippen LogP contribution is -2.47. The normalized spacial score (nSPS) is 17.9. The van der Waals surface area contributed by atoms with Crippen molar-refractivity contribution in [2.75, 3.05) is 43.0 Å². The van der Waals surface area contributed by atoms with Gasteiger partial charge in [-0.2, -0.15) is 0 Å². The molecule has 1 fully saturated rings. The number of carbonyl (C=O) groups is 3. The highest BCUT2D eigenvalue weighted by molar-refractivity contribution is 6.17. The topological polar surface area (TPSA) is 102 Å². The average molecular weight is 330 g/mol. The van der Waals surface area contributed by atoms with Gasteiger partial charge >= 0.3 is 0 Å². The van der Waals surface area contributed by atoms with E-state index in [1.54, 1.807) is 6.07 Å². The molecule has 0 aromatic heterocycles. The van der Waals surface area contributed by atoms with E-state index in [2.05, 4.69) is 10.6 Å². The molecule has 1 aromatic rings. The van der Waals surface area contributed by atoms with Crippen molar-refractivity contribution >= 4 is 29.1 Å². The Labute approximate surface area is 138 Å². The predicted molar refractivity (Wildman–Crippen MR) is 87.2 cm³/mol. The van der Waals surface area contributed by atoms with E-state index in [0.717, 1.165) is 10.6 Å². The monoisotopic (exact) mass is 330 g/mol. The highest BCUT2D eigenvalue weighted by Gasteiger charge is 2.31. The number of para-hydroxylation sites is 2. The minimum absolute atomic E-state index is 0.0344. The van der Waals surface area contributed by atoms with Crippen molar-refractivity contribution in [3.05, 3.63) is 36.0 Å². The lowest BCUT2D eigenvalue weighted by molar-refractivity contribution is -0.137. The fraction of sp³-hybridized carbons (Fsp3) is 0.312. The summed E-state index contributed by atoms with van der Waals surface area (Å²) in [6.07, 6.45) is 1.22. The first-order valence-electron chi connectivity index (χ1n) is 7.66. The molecule has 8 nitrogen and oxygen atoms in total. The van der Waals surface area contributed by atoms with Gasteiger partial charge in [0.25, 0.3) is 11.8 Å². The molecule has 0 spiro atoms. The molecular weight excluding hydrogens is 312 g/mol. The number of anilines is 2. The summed E-state index contributed by atoms with van der Waals surface area (Å²) < 4.78 is 0. The van der Waals surface area contributed by atoms with Gasteiger partial charge in [0.1, 0.15) is 5.70 Å². The van der Waals surface area contributed by atoms with Gasteiger partial charge in [-0.1, -0.05) is 12.1 Å². The van der Waals surface area contributed by atoms with Crippen LogP contribution >= 0.6 is 0 Å². The van der Waals surface area contributed by atoms with E-state index in [1.807, 2.05) is 23.1 Å². The number of aliphatic hydroxyl groups excluding tert-OH is 1. The van der Waals surface area contributed by atoms with Crippen molar-refractivity contribution in [1.82, 2.24) is 10.2 Å². The number of imide groups is 1. The number of nitrogens with one attached hydrogen (secondary N) is 2. The standard InChI is InChI=1S/C16H18N4O4/c21-8-7-20-15(23)9-12(16(20)24)18-11-3-1-2-4-13(11)19-6-5-17-14(22)10-19/h1-4,9,18,21H,5-8,10H2,(H,17,22). The fourth-order valence-electron chi connectivity index (χ4n) is 2.75. The van der Waals surface area contributed by atoms with E-state index in [1.165, 1.54) is 6.08 Å².